The second kappa shape index (κ2) is 6.37. The van der Waals surface area contributed by atoms with Crippen molar-refractivity contribution in [1.82, 2.24) is 0 Å². The zero-order valence-electron chi connectivity index (χ0n) is 10.3. The number of hydrogen-bond donors (Lipinski definition) is 3. The number of nitrogens with one attached hydrogen (secondary N) is 1. The standard InChI is InChI=1S/C13H20N2O2/c1-9(2)7-11(14)13(17)15-12-6-4-3-5-10(12)8-16/h3-6,9,11,16H,7-8,14H2,1-2H3,(H,15,17)/t11-/m0/s1. The Hall–Kier alpha value is -1.39. The van der Waals surface area contributed by atoms with E-state index < -0.39 is 6.04 Å². The minimum Gasteiger partial charge on any atom is -0.392 e. The number of aliphatic hydroxyl groups excluding tert-OH is 1. The van der Waals surface area contributed by atoms with Gasteiger partial charge in [-0.1, -0.05) is 32.0 Å². The third kappa shape index (κ3) is 4.17. The van der Waals surface area contributed by atoms with Crippen molar-refractivity contribution in [3.05, 3.63) is 29.8 Å². The molecule has 0 saturated carbocycles. The molecule has 0 aliphatic heterocycles. The quantitative estimate of drug-likeness (QED) is 0.725. The SMILES string of the molecule is CC(C)C[C@H](N)C(=O)Nc1ccccc1CO. The van der Waals surface area contributed by atoms with Crippen LogP contribution < -0.4 is 11.1 Å². The van der Waals surface area contributed by atoms with Gasteiger partial charge >= 0.3 is 0 Å². The first-order valence-electron chi connectivity index (χ1n) is 5.79. The van der Waals surface area contributed by atoms with Gasteiger partial charge in [-0.05, 0) is 18.4 Å². The van der Waals surface area contributed by atoms with Gasteiger partial charge in [0.1, 0.15) is 0 Å². The lowest BCUT2D eigenvalue weighted by atomic mass is 10.0. The van der Waals surface area contributed by atoms with E-state index in [1.54, 1.807) is 12.1 Å². The van der Waals surface area contributed by atoms with E-state index in [0.29, 0.717) is 23.6 Å². The predicted molar refractivity (Wildman–Crippen MR) is 68.4 cm³/mol. The molecule has 4 nitrogen and oxygen atoms in total. The summed E-state index contributed by atoms with van der Waals surface area (Å²) in [6, 6.07) is 6.63. The molecule has 1 aromatic carbocycles. The van der Waals surface area contributed by atoms with E-state index in [1.807, 2.05) is 26.0 Å². The number of nitrogens with two attached hydrogens (primary N) is 1. The van der Waals surface area contributed by atoms with Gasteiger partial charge in [-0.15, -0.1) is 0 Å². The first kappa shape index (κ1) is 13.7. The highest BCUT2D eigenvalue weighted by molar-refractivity contribution is 5.95. The number of carbonyl (C=O) groups excluding carboxylic acids is 1. The van der Waals surface area contributed by atoms with Gasteiger partial charge in [0.05, 0.1) is 12.6 Å². The van der Waals surface area contributed by atoms with Crippen LogP contribution in [-0.4, -0.2) is 17.1 Å². The zero-order chi connectivity index (χ0) is 12.8. The lowest BCUT2D eigenvalue weighted by Crippen LogP contribution is -2.36. The summed E-state index contributed by atoms with van der Waals surface area (Å²) in [5, 5.41) is 11.9. The molecular formula is C13H20N2O2. The normalized spacial score (nSPS) is 12.5. The molecule has 0 bridgehead atoms. The third-order valence-corrected chi connectivity index (χ3v) is 2.51. The number of anilines is 1. The molecule has 0 aromatic heterocycles. The van der Waals surface area contributed by atoms with Crippen LogP contribution in [0.3, 0.4) is 0 Å². The smallest absolute Gasteiger partial charge is 0.241 e. The Morgan fingerprint density at radius 1 is 1.41 bits per heavy atom. The summed E-state index contributed by atoms with van der Waals surface area (Å²) in [5.41, 5.74) is 7.10. The Balaban J connectivity index is 2.67. The monoisotopic (exact) mass is 236 g/mol. The summed E-state index contributed by atoms with van der Waals surface area (Å²) in [7, 11) is 0. The van der Waals surface area contributed by atoms with Crippen LogP contribution in [-0.2, 0) is 11.4 Å². The topological polar surface area (TPSA) is 75.4 Å². The van der Waals surface area contributed by atoms with Crippen LogP contribution in [0.15, 0.2) is 24.3 Å². The number of carbonyl (C=O) groups is 1. The molecule has 1 atom stereocenters. The fourth-order valence-electron chi connectivity index (χ4n) is 1.62. The molecule has 1 amide bonds. The predicted octanol–water partition coefficient (Wildman–Crippen LogP) is 1.49. The van der Waals surface area contributed by atoms with Crippen molar-refractivity contribution in [1.29, 1.82) is 0 Å². The number of benzene rings is 1. The van der Waals surface area contributed by atoms with E-state index in [9.17, 15) is 4.79 Å². The maximum Gasteiger partial charge on any atom is 0.241 e. The first-order valence-corrected chi connectivity index (χ1v) is 5.79. The molecule has 0 aliphatic rings. The van der Waals surface area contributed by atoms with Crippen LogP contribution in [0.1, 0.15) is 25.8 Å². The van der Waals surface area contributed by atoms with Crippen LogP contribution in [0.25, 0.3) is 0 Å². The van der Waals surface area contributed by atoms with E-state index in [4.69, 9.17) is 10.8 Å². The molecule has 17 heavy (non-hydrogen) atoms. The molecular weight excluding hydrogens is 216 g/mol. The van der Waals surface area contributed by atoms with Crippen molar-refractivity contribution in [3.63, 3.8) is 0 Å². The van der Waals surface area contributed by atoms with E-state index >= 15 is 0 Å². The van der Waals surface area contributed by atoms with Crippen molar-refractivity contribution in [2.24, 2.45) is 11.7 Å². The van der Waals surface area contributed by atoms with E-state index in [2.05, 4.69) is 5.32 Å². The highest BCUT2D eigenvalue weighted by atomic mass is 16.3. The molecule has 0 spiro atoms. The number of aliphatic hydroxyl groups is 1. The van der Waals surface area contributed by atoms with Crippen LogP contribution in [0.5, 0.6) is 0 Å². The molecule has 0 fully saturated rings. The lowest BCUT2D eigenvalue weighted by molar-refractivity contribution is -0.117. The average molecular weight is 236 g/mol. The van der Waals surface area contributed by atoms with Gasteiger partial charge in [-0.2, -0.15) is 0 Å². The fourth-order valence-corrected chi connectivity index (χ4v) is 1.62. The molecule has 0 saturated heterocycles. The van der Waals surface area contributed by atoms with Crippen molar-refractivity contribution in [3.8, 4) is 0 Å². The van der Waals surface area contributed by atoms with E-state index in [-0.39, 0.29) is 12.5 Å². The molecule has 4 heteroatoms. The minimum absolute atomic E-state index is 0.101. The molecule has 1 aromatic rings. The van der Waals surface area contributed by atoms with Crippen molar-refractivity contribution >= 4 is 11.6 Å². The summed E-state index contributed by atoms with van der Waals surface area (Å²) < 4.78 is 0. The summed E-state index contributed by atoms with van der Waals surface area (Å²) in [5.74, 6) is 0.170. The third-order valence-electron chi connectivity index (χ3n) is 2.51. The van der Waals surface area contributed by atoms with Gasteiger partial charge in [-0.3, -0.25) is 4.79 Å². The Kier molecular flexibility index (Phi) is 5.12. The van der Waals surface area contributed by atoms with E-state index in [0.717, 1.165) is 0 Å². The van der Waals surface area contributed by atoms with E-state index in [1.165, 1.54) is 0 Å². The first-order chi connectivity index (χ1) is 8.04. The van der Waals surface area contributed by atoms with Crippen molar-refractivity contribution < 1.29 is 9.90 Å². The second-order valence-electron chi connectivity index (χ2n) is 4.54. The summed E-state index contributed by atoms with van der Waals surface area (Å²) in [6.45, 7) is 3.94. The number of para-hydroxylation sites is 1. The van der Waals surface area contributed by atoms with Gasteiger partial charge in [0.15, 0.2) is 0 Å². The van der Waals surface area contributed by atoms with Gasteiger partial charge in [0, 0.05) is 11.3 Å². The summed E-state index contributed by atoms with van der Waals surface area (Å²) in [4.78, 5) is 11.8. The Morgan fingerprint density at radius 3 is 2.65 bits per heavy atom. The minimum atomic E-state index is -0.512. The molecule has 0 aliphatic carbocycles. The maximum atomic E-state index is 11.8. The van der Waals surface area contributed by atoms with Gasteiger partial charge in [0.25, 0.3) is 0 Å². The number of amides is 1. The molecule has 0 radical (unpaired) electrons. The lowest BCUT2D eigenvalue weighted by Gasteiger charge is -2.15. The summed E-state index contributed by atoms with van der Waals surface area (Å²) >= 11 is 0. The van der Waals surface area contributed by atoms with Crippen LogP contribution in [0, 0.1) is 5.92 Å². The molecule has 94 valence electrons. The Bertz CT molecular complexity index is 377. The Labute approximate surface area is 102 Å². The van der Waals surface area contributed by atoms with Crippen LogP contribution in [0.2, 0.25) is 0 Å². The highest BCUT2D eigenvalue weighted by Gasteiger charge is 2.15. The molecule has 0 unspecified atom stereocenters. The van der Waals surface area contributed by atoms with Crippen LogP contribution >= 0.6 is 0 Å². The van der Waals surface area contributed by atoms with Gasteiger partial charge in [0.2, 0.25) is 5.91 Å². The average Bonchev–Trinajstić information content (AvgIpc) is 2.28. The zero-order valence-corrected chi connectivity index (χ0v) is 10.3. The molecule has 4 N–H and O–H groups in total. The number of hydrogen-bond acceptors (Lipinski definition) is 3. The van der Waals surface area contributed by atoms with Gasteiger partial charge in [-0.25, -0.2) is 0 Å². The van der Waals surface area contributed by atoms with Gasteiger partial charge < -0.3 is 16.2 Å². The number of rotatable bonds is 5. The Morgan fingerprint density at radius 2 is 2.06 bits per heavy atom. The molecule has 0 heterocycles. The fraction of sp³-hybridized carbons (Fsp3) is 0.462. The highest BCUT2D eigenvalue weighted by Crippen LogP contribution is 2.15. The molecule has 1 rings (SSSR count). The second-order valence-corrected chi connectivity index (χ2v) is 4.54. The van der Waals surface area contributed by atoms with Crippen molar-refractivity contribution in [2.45, 2.75) is 32.9 Å². The largest absolute Gasteiger partial charge is 0.392 e. The summed E-state index contributed by atoms with van der Waals surface area (Å²) in [6.07, 6.45) is 0.646. The maximum absolute atomic E-state index is 11.8. The van der Waals surface area contributed by atoms with Crippen molar-refractivity contribution in [2.75, 3.05) is 5.32 Å². The van der Waals surface area contributed by atoms with Crippen LogP contribution in [0.4, 0.5) is 5.69 Å².